The number of aliphatic hydroxyl groups is 1. The molecular weight excluding hydrogens is 164 g/mol. The van der Waals surface area contributed by atoms with Gasteiger partial charge in [0.15, 0.2) is 0 Å². The molecule has 3 heteroatoms. The molecule has 70 valence electrons. The Labute approximate surface area is 77.4 Å². The molecule has 0 aromatic carbocycles. The van der Waals surface area contributed by atoms with Crippen molar-refractivity contribution in [2.45, 2.75) is 24.9 Å². The Bertz CT molecular complexity index is 334. The normalized spacial score (nSPS) is 42.0. The van der Waals surface area contributed by atoms with Gasteiger partial charge in [-0.2, -0.15) is 0 Å². The van der Waals surface area contributed by atoms with Crippen molar-refractivity contribution < 1.29 is 5.11 Å². The zero-order valence-corrected chi connectivity index (χ0v) is 7.77. The van der Waals surface area contributed by atoms with Crippen LogP contribution in [0, 0.1) is 11.8 Å². The fraction of sp³-hybridized carbons (Fsp3) is 0.700. The molecule has 1 aromatic rings. The highest BCUT2D eigenvalue weighted by Gasteiger charge is 2.67. The minimum Gasteiger partial charge on any atom is -0.383 e. The lowest BCUT2D eigenvalue weighted by Crippen LogP contribution is -2.16. The highest BCUT2D eigenvalue weighted by atomic mass is 16.3. The van der Waals surface area contributed by atoms with Gasteiger partial charge in [-0.05, 0) is 24.7 Å². The van der Waals surface area contributed by atoms with E-state index < -0.39 is 5.60 Å². The van der Waals surface area contributed by atoms with E-state index in [1.165, 1.54) is 19.3 Å². The summed E-state index contributed by atoms with van der Waals surface area (Å²) >= 11 is 0. The minimum absolute atomic E-state index is 0.517. The molecule has 2 aliphatic rings. The summed E-state index contributed by atoms with van der Waals surface area (Å²) in [6.07, 6.45) is 7.23. The van der Waals surface area contributed by atoms with Gasteiger partial charge in [-0.1, -0.05) is 6.42 Å². The third-order valence-corrected chi connectivity index (χ3v) is 3.76. The van der Waals surface area contributed by atoms with Crippen LogP contribution in [0.3, 0.4) is 0 Å². The van der Waals surface area contributed by atoms with E-state index in [1.54, 1.807) is 12.5 Å². The monoisotopic (exact) mass is 178 g/mol. The molecule has 3 rings (SSSR count). The summed E-state index contributed by atoms with van der Waals surface area (Å²) in [5, 5.41) is 10.4. The fourth-order valence-electron chi connectivity index (χ4n) is 3.04. The summed E-state index contributed by atoms with van der Waals surface area (Å²) in [4.78, 5) is 4.06. The molecule has 0 bridgehead atoms. The van der Waals surface area contributed by atoms with Crippen LogP contribution in [0.4, 0.5) is 0 Å². The average molecular weight is 178 g/mol. The predicted molar refractivity (Wildman–Crippen MR) is 47.9 cm³/mol. The minimum atomic E-state index is -0.524. The van der Waals surface area contributed by atoms with Crippen LogP contribution < -0.4 is 0 Å². The van der Waals surface area contributed by atoms with Crippen LogP contribution in [0.1, 0.15) is 25.0 Å². The highest BCUT2D eigenvalue weighted by Crippen LogP contribution is 2.65. The standard InChI is InChI=1S/C10H14N2O/c1-12-6-11-5-9(12)10(13)7-3-2-4-8(7)10/h5-8,13H,2-4H2,1H3. The number of hydrogen-bond acceptors (Lipinski definition) is 2. The van der Waals surface area contributed by atoms with Crippen molar-refractivity contribution in [1.29, 1.82) is 0 Å². The van der Waals surface area contributed by atoms with Crippen LogP contribution in [0.15, 0.2) is 12.5 Å². The van der Waals surface area contributed by atoms with Crippen molar-refractivity contribution in [1.82, 2.24) is 9.55 Å². The number of fused-ring (bicyclic) bond motifs is 1. The first kappa shape index (κ1) is 7.56. The van der Waals surface area contributed by atoms with Crippen molar-refractivity contribution in [3.8, 4) is 0 Å². The van der Waals surface area contributed by atoms with E-state index in [9.17, 15) is 5.11 Å². The molecule has 2 saturated carbocycles. The summed E-state index contributed by atoms with van der Waals surface area (Å²) < 4.78 is 1.94. The van der Waals surface area contributed by atoms with Gasteiger partial charge < -0.3 is 9.67 Å². The maximum absolute atomic E-state index is 10.4. The second-order valence-electron chi connectivity index (χ2n) is 4.36. The van der Waals surface area contributed by atoms with Gasteiger partial charge >= 0.3 is 0 Å². The van der Waals surface area contributed by atoms with E-state index in [2.05, 4.69) is 4.98 Å². The molecule has 2 fully saturated rings. The third-order valence-electron chi connectivity index (χ3n) is 3.76. The van der Waals surface area contributed by atoms with Gasteiger partial charge in [0.25, 0.3) is 0 Å². The van der Waals surface area contributed by atoms with E-state index in [1.807, 2.05) is 11.6 Å². The zero-order valence-electron chi connectivity index (χ0n) is 7.77. The zero-order chi connectivity index (χ0) is 9.05. The summed E-state index contributed by atoms with van der Waals surface area (Å²) in [7, 11) is 1.95. The van der Waals surface area contributed by atoms with Crippen molar-refractivity contribution in [3.05, 3.63) is 18.2 Å². The second-order valence-corrected chi connectivity index (χ2v) is 4.36. The predicted octanol–water partition coefficient (Wildman–Crippen LogP) is 1.04. The van der Waals surface area contributed by atoms with Gasteiger partial charge in [0.05, 0.1) is 18.2 Å². The molecule has 13 heavy (non-hydrogen) atoms. The largest absolute Gasteiger partial charge is 0.383 e. The summed E-state index contributed by atoms with van der Waals surface area (Å²) in [5.41, 5.74) is 0.478. The molecule has 1 heterocycles. The molecule has 1 aromatic heterocycles. The molecule has 0 amide bonds. The fourth-order valence-corrected chi connectivity index (χ4v) is 3.04. The number of aryl methyl sites for hydroxylation is 1. The summed E-state index contributed by atoms with van der Waals surface area (Å²) in [6, 6.07) is 0. The number of nitrogens with zero attached hydrogens (tertiary/aromatic N) is 2. The second kappa shape index (κ2) is 2.15. The lowest BCUT2D eigenvalue weighted by Gasteiger charge is -2.14. The molecule has 2 unspecified atom stereocenters. The summed E-state index contributed by atoms with van der Waals surface area (Å²) in [5.74, 6) is 1.03. The van der Waals surface area contributed by atoms with Gasteiger partial charge in [0.1, 0.15) is 5.60 Å². The van der Waals surface area contributed by atoms with E-state index in [0.29, 0.717) is 11.8 Å². The Morgan fingerprint density at radius 3 is 2.77 bits per heavy atom. The molecular formula is C10H14N2O. The average Bonchev–Trinajstić information content (AvgIpc) is 2.61. The van der Waals surface area contributed by atoms with Crippen LogP contribution in [-0.4, -0.2) is 14.7 Å². The van der Waals surface area contributed by atoms with Crippen molar-refractivity contribution in [3.63, 3.8) is 0 Å². The van der Waals surface area contributed by atoms with E-state index in [-0.39, 0.29) is 0 Å². The number of aromatic nitrogens is 2. The van der Waals surface area contributed by atoms with Crippen LogP contribution >= 0.6 is 0 Å². The van der Waals surface area contributed by atoms with E-state index >= 15 is 0 Å². The molecule has 2 atom stereocenters. The van der Waals surface area contributed by atoms with Crippen LogP contribution in [0.5, 0.6) is 0 Å². The Kier molecular flexibility index (Phi) is 1.25. The molecule has 3 nitrogen and oxygen atoms in total. The lowest BCUT2D eigenvalue weighted by molar-refractivity contribution is 0.0975. The van der Waals surface area contributed by atoms with Gasteiger partial charge in [-0.25, -0.2) is 4.98 Å². The smallest absolute Gasteiger partial charge is 0.112 e. The van der Waals surface area contributed by atoms with E-state index in [0.717, 1.165) is 5.69 Å². The Morgan fingerprint density at radius 2 is 2.23 bits per heavy atom. The van der Waals surface area contributed by atoms with Gasteiger partial charge in [-0.15, -0.1) is 0 Å². The number of imidazole rings is 1. The van der Waals surface area contributed by atoms with Crippen molar-refractivity contribution in [2.75, 3.05) is 0 Å². The SMILES string of the molecule is Cn1cncc1C1(O)C2CCCC21. The topological polar surface area (TPSA) is 38.0 Å². The van der Waals surface area contributed by atoms with E-state index in [4.69, 9.17) is 0 Å². The number of hydrogen-bond donors (Lipinski definition) is 1. The molecule has 0 radical (unpaired) electrons. The lowest BCUT2D eigenvalue weighted by atomic mass is 10.1. The van der Waals surface area contributed by atoms with Gasteiger partial charge in [0, 0.05) is 7.05 Å². The Hall–Kier alpha value is -0.830. The number of rotatable bonds is 1. The van der Waals surface area contributed by atoms with Crippen molar-refractivity contribution in [2.24, 2.45) is 18.9 Å². The van der Waals surface area contributed by atoms with Crippen molar-refractivity contribution >= 4 is 0 Å². The first-order valence-corrected chi connectivity index (χ1v) is 4.93. The molecule has 0 spiro atoms. The first-order chi connectivity index (χ1) is 6.24. The summed E-state index contributed by atoms with van der Waals surface area (Å²) in [6.45, 7) is 0. The quantitative estimate of drug-likeness (QED) is 0.697. The molecule has 0 saturated heterocycles. The van der Waals surface area contributed by atoms with Crippen LogP contribution in [0.25, 0.3) is 0 Å². The Balaban J connectivity index is 1.99. The van der Waals surface area contributed by atoms with Gasteiger partial charge in [0.2, 0.25) is 0 Å². The Morgan fingerprint density at radius 1 is 1.54 bits per heavy atom. The molecule has 1 N–H and O–H groups in total. The highest BCUT2D eigenvalue weighted by molar-refractivity contribution is 5.27. The van der Waals surface area contributed by atoms with Crippen LogP contribution in [0.2, 0.25) is 0 Å². The van der Waals surface area contributed by atoms with Gasteiger partial charge in [-0.3, -0.25) is 0 Å². The molecule has 0 aliphatic heterocycles. The molecule has 2 aliphatic carbocycles. The maximum Gasteiger partial charge on any atom is 0.112 e. The third kappa shape index (κ3) is 0.759. The van der Waals surface area contributed by atoms with Crippen LogP contribution in [-0.2, 0) is 12.6 Å². The first-order valence-electron chi connectivity index (χ1n) is 4.93. The maximum atomic E-state index is 10.4.